The van der Waals surface area contributed by atoms with E-state index in [0.717, 1.165) is 18.2 Å². The van der Waals surface area contributed by atoms with Crippen molar-refractivity contribution in [2.45, 2.75) is 13.8 Å². The van der Waals surface area contributed by atoms with Gasteiger partial charge in [0, 0.05) is 13.2 Å². The van der Waals surface area contributed by atoms with E-state index in [-0.39, 0.29) is 17.8 Å². The molecule has 0 heterocycles. The largest absolute Gasteiger partial charge is 0.478 e. The van der Waals surface area contributed by atoms with Crippen LogP contribution in [0.3, 0.4) is 0 Å². The molecule has 0 aliphatic rings. The maximum absolute atomic E-state index is 13.5. The minimum Gasteiger partial charge on any atom is -0.478 e. The molecular weight excluding hydrogens is 279 g/mol. The smallest absolute Gasteiger partial charge is 0.335 e. The molecule has 0 aromatic heterocycles. The van der Waals surface area contributed by atoms with Gasteiger partial charge in [0.15, 0.2) is 0 Å². The molecule has 1 aromatic rings. The van der Waals surface area contributed by atoms with Gasteiger partial charge in [-0.3, -0.25) is 0 Å². The number of carbonyl (C=O) groups excluding carboxylic acids is 1. The minimum absolute atomic E-state index is 0.105. The number of hydrogen-bond acceptors (Lipinski definition) is 3. The molecular formula is C14H19FN2O4. The molecule has 0 fully saturated rings. The highest BCUT2D eigenvalue weighted by Crippen LogP contribution is 2.16. The van der Waals surface area contributed by atoms with Crippen LogP contribution >= 0.6 is 0 Å². The minimum atomic E-state index is -1.19. The third-order valence-corrected chi connectivity index (χ3v) is 2.44. The molecule has 1 aromatic carbocycles. The van der Waals surface area contributed by atoms with Crippen molar-refractivity contribution in [2.75, 3.05) is 25.1 Å². The summed E-state index contributed by atoms with van der Waals surface area (Å²) in [5.74, 6) is -1.49. The molecule has 6 nitrogen and oxygen atoms in total. The number of rotatable bonds is 7. The average Bonchev–Trinajstić information content (AvgIpc) is 2.40. The summed E-state index contributed by atoms with van der Waals surface area (Å²) in [6.45, 7) is 5.25. The molecule has 0 bridgehead atoms. The molecule has 2 amide bonds. The lowest BCUT2D eigenvalue weighted by atomic mass is 10.2. The molecule has 116 valence electrons. The summed E-state index contributed by atoms with van der Waals surface area (Å²) in [6.07, 6.45) is 0. The zero-order valence-corrected chi connectivity index (χ0v) is 12.0. The predicted octanol–water partition coefficient (Wildman–Crippen LogP) is 2.32. The number of benzene rings is 1. The molecule has 0 aliphatic heterocycles. The van der Waals surface area contributed by atoms with E-state index in [1.165, 1.54) is 0 Å². The van der Waals surface area contributed by atoms with Crippen LogP contribution in [-0.4, -0.2) is 36.9 Å². The Hall–Kier alpha value is -2.15. The third kappa shape index (κ3) is 6.22. The molecule has 0 atom stereocenters. The number of amides is 2. The number of ether oxygens (including phenoxy) is 1. The standard InChI is InChI=1S/C14H19FN2O4/c1-9(2)8-21-6-5-16-14(20)17-12-7-10(13(18)19)3-4-11(12)15/h3-4,7,9H,5-6,8H2,1-2H3,(H,18,19)(H2,16,17,20). The molecule has 3 N–H and O–H groups in total. The van der Waals surface area contributed by atoms with Crippen LogP contribution in [0.1, 0.15) is 24.2 Å². The summed E-state index contributed by atoms with van der Waals surface area (Å²) in [6, 6.07) is 2.56. The maximum atomic E-state index is 13.5. The molecule has 7 heteroatoms. The fourth-order valence-corrected chi connectivity index (χ4v) is 1.48. The van der Waals surface area contributed by atoms with E-state index in [2.05, 4.69) is 10.6 Å². The topological polar surface area (TPSA) is 87.7 Å². The van der Waals surface area contributed by atoms with Gasteiger partial charge < -0.3 is 20.5 Å². The summed E-state index contributed by atoms with van der Waals surface area (Å²) in [5, 5.41) is 13.6. The van der Waals surface area contributed by atoms with Crippen molar-refractivity contribution in [1.29, 1.82) is 0 Å². The average molecular weight is 298 g/mol. The fraction of sp³-hybridized carbons (Fsp3) is 0.429. The SMILES string of the molecule is CC(C)COCCNC(=O)Nc1cc(C(=O)O)ccc1F. The number of halogens is 1. The zero-order chi connectivity index (χ0) is 15.8. The van der Waals surface area contributed by atoms with Crippen LogP contribution in [0.25, 0.3) is 0 Å². The Balaban J connectivity index is 2.44. The second-order valence-corrected chi connectivity index (χ2v) is 4.85. The quantitative estimate of drug-likeness (QED) is 0.674. The number of hydrogen-bond donors (Lipinski definition) is 3. The Morgan fingerprint density at radius 1 is 1.38 bits per heavy atom. The first-order valence-electron chi connectivity index (χ1n) is 6.55. The lowest BCUT2D eigenvalue weighted by Gasteiger charge is -2.10. The van der Waals surface area contributed by atoms with Crippen LogP contribution in [0.5, 0.6) is 0 Å². The van der Waals surface area contributed by atoms with Gasteiger partial charge in [0.2, 0.25) is 0 Å². The second-order valence-electron chi connectivity index (χ2n) is 4.85. The molecule has 0 saturated heterocycles. The van der Waals surface area contributed by atoms with Crippen LogP contribution in [0, 0.1) is 11.7 Å². The lowest BCUT2D eigenvalue weighted by Crippen LogP contribution is -2.32. The van der Waals surface area contributed by atoms with E-state index in [4.69, 9.17) is 9.84 Å². The zero-order valence-electron chi connectivity index (χ0n) is 12.0. The molecule has 1 rings (SSSR count). The second kappa shape index (κ2) is 8.21. The Labute approximate surface area is 122 Å². The van der Waals surface area contributed by atoms with Gasteiger partial charge in [0.1, 0.15) is 5.82 Å². The highest BCUT2D eigenvalue weighted by atomic mass is 19.1. The van der Waals surface area contributed by atoms with Crippen LogP contribution in [0.15, 0.2) is 18.2 Å². The van der Waals surface area contributed by atoms with Crippen LogP contribution in [0.2, 0.25) is 0 Å². The molecule has 0 unspecified atom stereocenters. The van der Waals surface area contributed by atoms with Gasteiger partial charge in [0.05, 0.1) is 17.9 Å². The fourth-order valence-electron chi connectivity index (χ4n) is 1.48. The summed E-state index contributed by atoms with van der Waals surface area (Å²) >= 11 is 0. The Kier molecular flexibility index (Phi) is 6.61. The van der Waals surface area contributed by atoms with Gasteiger partial charge in [-0.2, -0.15) is 0 Å². The van der Waals surface area contributed by atoms with Gasteiger partial charge >= 0.3 is 12.0 Å². The van der Waals surface area contributed by atoms with E-state index in [9.17, 15) is 14.0 Å². The number of aromatic carboxylic acids is 1. The number of carboxylic acids is 1. The number of anilines is 1. The van der Waals surface area contributed by atoms with Gasteiger partial charge in [0.25, 0.3) is 0 Å². The van der Waals surface area contributed by atoms with Gasteiger partial charge in [-0.25, -0.2) is 14.0 Å². The Bertz CT molecular complexity index is 506. The van der Waals surface area contributed by atoms with Crippen molar-refractivity contribution >= 4 is 17.7 Å². The first kappa shape index (κ1) is 16.9. The summed E-state index contributed by atoms with van der Waals surface area (Å²) in [5.41, 5.74) is -0.289. The maximum Gasteiger partial charge on any atom is 0.335 e. The number of carboxylic acid groups (broad SMARTS) is 1. The number of nitrogens with one attached hydrogen (secondary N) is 2. The van der Waals surface area contributed by atoms with E-state index in [1.54, 1.807) is 0 Å². The van der Waals surface area contributed by atoms with E-state index < -0.39 is 17.8 Å². The summed E-state index contributed by atoms with van der Waals surface area (Å²) in [4.78, 5) is 22.3. The molecule has 0 aliphatic carbocycles. The predicted molar refractivity (Wildman–Crippen MR) is 76.0 cm³/mol. The number of carbonyl (C=O) groups is 2. The monoisotopic (exact) mass is 298 g/mol. The highest BCUT2D eigenvalue weighted by molar-refractivity contribution is 5.93. The highest BCUT2D eigenvalue weighted by Gasteiger charge is 2.10. The van der Waals surface area contributed by atoms with E-state index in [1.807, 2.05) is 13.8 Å². The molecule has 0 radical (unpaired) electrons. The van der Waals surface area contributed by atoms with Crippen LogP contribution in [0.4, 0.5) is 14.9 Å². The Morgan fingerprint density at radius 3 is 2.71 bits per heavy atom. The van der Waals surface area contributed by atoms with Crippen LogP contribution < -0.4 is 10.6 Å². The van der Waals surface area contributed by atoms with Gasteiger partial charge in [-0.15, -0.1) is 0 Å². The molecule has 21 heavy (non-hydrogen) atoms. The first-order chi connectivity index (χ1) is 9.90. The van der Waals surface area contributed by atoms with Crippen LogP contribution in [-0.2, 0) is 4.74 Å². The summed E-state index contributed by atoms with van der Waals surface area (Å²) < 4.78 is 18.7. The van der Waals surface area contributed by atoms with Crippen molar-refractivity contribution in [1.82, 2.24) is 5.32 Å². The first-order valence-corrected chi connectivity index (χ1v) is 6.55. The Morgan fingerprint density at radius 2 is 2.10 bits per heavy atom. The van der Waals surface area contributed by atoms with Gasteiger partial charge in [-0.05, 0) is 24.1 Å². The normalized spacial score (nSPS) is 10.5. The van der Waals surface area contributed by atoms with E-state index >= 15 is 0 Å². The van der Waals surface area contributed by atoms with E-state index in [0.29, 0.717) is 19.1 Å². The van der Waals surface area contributed by atoms with Crippen molar-refractivity contribution in [2.24, 2.45) is 5.92 Å². The van der Waals surface area contributed by atoms with Gasteiger partial charge in [-0.1, -0.05) is 13.8 Å². The summed E-state index contributed by atoms with van der Waals surface area (Å²) in [7, 11) is 0. The third-order valence-electron chi connectivity index (χ3n) is 2.44. The van der Waals surface area contributed by atoms with Crippen molar-refractivity contribution in [3.05, 3.63) is 29.6 Å². The van der Waals surface area contributed by atoms with Crippen molar-refractivity contribution in [3.63, 3.8) is 0 Å². The number of urea groups is 1. The lowest BCUT2D eigenvalue weighted by molar-refractivity contribution is 0.0697. The van der Waals surface area contributed by atoms with Crippen molar-refractivity contribution in [3.8, 4) is 0 Å². The molecule has 0 spiro atoms. The van der Waals surface area contributed by atoms with Crippen molar-refractivity contribution < 1.29 is 23.8 Å². The molecule has 0 saturated carbocycles.